The second-order valence-electron chi connectivity index (χ2n) is 5.32. The number of carbonyl (C=O) groups excluding carboxylic acids is 1. The first-order chi connectivity index (χ1) is 9.97. The molecule has 0 spiro atoms. The first-order valence-corrected chi connectivity index (χ1v) is 8.68. The van der Waals surface area contributed by atoms with Gasteiger partial charge in [0.15, 0.2) is 0 Å². The monoisotopic (exact) mass is 371 g/mol. The second-order valence-corrected chi connectivity index (χ2v) is 7.25. The Morgan fingerprint density at radius 3 is 2.90 bits per heavy atom. The van der Waals surface area contributed by atoms with Gasteiger partial charge in [-0.05, 0) is 37.0 Å². The van der Waals surface area contributed by atoms with Crippen molar-refractivity contribution in [2.45, 2.75) is 24.7 Å². The van der Waals surface area contributed by atoms with Crippen LogP contribution in [0.15, 0.2) is 27.6 Å². The summed E-state index contributed by atoms with van der Waals surface area (Å²) < 4.78 is 0.814. The Morgan fingerprint density at radius 2 is 2.24 bits per heavy atom. The molecule has 1 heterocycles. The van der Waals surface area contributed by atoms with Gasteiger partial charge in [0.05, 0.1) is 11.3 Å². The number of piperidine rings is 1. The molecule has 2 rings (SSSR count). The van der Waals surface area contributed by atoms with E-state index < -0.39 is 5.97 Å². The molecular formula is C15H18BrNO3S. The van der Waals surface area contributed by atoms with Gasteiger partial charge in [0.2, 0.25) is 5.91 Å². The fourth-order valence-corrected chi connectivity index (χ4v) is 3.93. The average molecular weight is 372 g/mol. The van der Waals surface area contributed by atoms with Crippen LogP contribution in [-0.4, -0.2) is 40.7 Å². The fraction of sp³-hybridized carbons (Fsp3) is 0.467. The molecule has 1 aromatic rings. The summed E-state index contributed by atoms with van der Waals surface area (Å²) in [5, 5.41) is 9.18. The van der Waals surface area contributed by atoms with Crippen LogP contribution < -0.4 is 0 Å². The van der Waals surface area contributed by atoms with Crippen LogP contribution in [-0.2, 0) is 4.79 Å². The predicted molar refractivity (Wildman–Crippen MR) is 86.8 cm³/mol. The maximum Gasteiger partial charge on any atom is 0.336 e. The van der Waals surface area contributed by atoms with Crippen LogP contribution in [0.3, 0.4) is 0 Å². The summed E-state index contributed by atoms with van der Waals surface area (Å²) in [4.78, 5) is 25.9. The number of thioether (sulfide) groups is 1. The normalized spacial score (nSPS) is 18.6. The van der Waals surface area contributed by atoms with Gasteiger partial charge in [0, 0.05) is 22.5 Å². The van der Waals surface area contributed by atoms with Crippen molar-refractivity contribution in [3.63, 3.8) is 0 Å². The van der Waals surface area contributed by atoms with Crippen LogP contribution in [0.25, 0.3) is 0 Å². The number of amides is 1. The minimum absolute atomic E-state index is 0.0860. The Morgan fingerprint density at radius 1 is 1.48 bits per heavy atom. The molecule has 1 N–H and O–H groups in total. The van der Waals surface area contributed by atoms with Crippen LogP contribution in [0.2, 0.25) is 0 Å². The molecule has 0 saturated carbocycles. The van der Waals surface area contributed by atoms with E-state index >= 15 is 0 Å². The summed E-state index contributed by atoms with van der Waals surface area (Å²) in [6.45, 7) is 3.78. The third-order valence-electron chi connectivity index (χ3n) is 3.53. The number of carboxylic acid groups (broad SMARTS) is 1. The van der Waals surface area contributed by atoms with Gasteiger partial charge in [-0.1, -0.05) is 22.9 Å². The van der Waals surface area contributed by atoms with Crippen molar-refractivity contribution < 1.29 is 14.7 Å². The van der Waals surface area contributed by atoms with Crippen LogP contribution in [0.1, 0.15) is 30.1 Å². The van der Waals surface area contributed by atoms with E-state index in [1.807, 2.05) is 4.90 Å². The topological polar surface area (TPSA) is 57.6 Å². The molecule has 6 heteroatoms. The first kappa shape index (κ1) is 16.4. The number of halogens is 1. The van der Waals surface area contributed by atoms with Crippen molar-refractivity contribution in [1.29, 1.82) is 0 Å². The number of hydrogen-bond donors (Lipinski definition) is 1. The van der Waals surface area contributed by atoms with E-state index in [0.29, 0.717) is 10.8 Å². The van der Waals surface area contributed by atoms with E-state index in [4.69, 9.17) is 0 Å². The van der Waals surface area contributed by atoms with Gasteiger partial charge in [0.1, 0.15) is 0 Å². The number of rotatable bonds is 4. The Balaban J connectivity index is 2.00. The molecule has 1 fully saturated rings. The summed E-state index contributed by atoms with van der Waals surface area (Å²) in [6.07, 6.45) is 2.22. The third-order valence-corrected chi connectivity index (χ3v) is 5.07. The van der Waals surface area contributed by atoms with Crippen LogP contribution in [0.4, 0.5) is 0 Å². The van der Waals surface area contributed by atoms with Gasteiger partial charge in [-0.2, -0.15) is 0 Å². The molecule has 114 valence electrons. The molecule has 0 bridgehead atoms. The summed E-state index contributed by atoms with van der Waals surface area (Å²) in [7, 11) is 0. The molecule has 0 aromatic heterocycles. The van der Waals surface area contributed by atoms with E-state index in [2.05, 4.69) is 22.9 Å². The average Bonchev–Trinajstić information content (AvgIpc) is 2.44. The molecule has 4 nitrogen and oxygen atoms in total. The molecule has 1 saturated heterocycles. The van der Waals surface area contributed by atoms with Crippen molar-refractivity contribution in [3.05, 3.63) is 28.2 Å². The van der Waals surface area contributed by atoms with E-state index in [1.54, 1.807) is 18.2 Å². The van der Waals surface area contributed by atoms with Crippen LogP contribution in [0.5, 0.6) is 0 Å². The molecule has 21 heavy (non-hydrogen) atoms. The zero-order valence-electron chi connectivity index (χ0n) is 11.8. The summed E-state index contributed by atoms with van der Waals surface area (Å²) in [6, 6.07) is 5.00. The van der Waals surface area contributed by atoms with Gasteiger partial charge in [-0.25, -0.2) is 4.79 Å². The van der Waals surface area contributed by atoms with Gasteiger partial charge < -0.3 is 10.0 Å². The molecule has 1 unspecified atom stereocenters. The number of nitrogens with zero attached hydrogens (tertiary/aromatic N) is 1. The van der Waals surface area contributed by atoms with Crippen molar-refractivity contribution in [2.24, 2.45) is 5.92 Å². The molecule has 1 atom stereocenters. The van der Waals surface area contributed by atoms with E-state index in [-0.39, 0.29) is 17.2 Å². The smallest absolute Gasteiger partial charge is 0.336 e. The number of carboxylic acids is 1. The molecule has 1 aromatic carbocycles. The zero-order valence-corrected chi connectivity index (χ0v) is 14.2. The lowest BCUT2D eigenvalue weighted by Gasteiger charge is -2.30. The summed E-state index contributed by atoms with van der Waals surface area (Å²) >= 11 is 4.63. The minimum Gasteiger partial charge on any atom is -0.478 e. The zero-order chi connectivity index (χ0) is 15.4. The highest BCUT2D eigenvalue weighted by molar-refractivity contribution is 9.10. The maximum absolute atomic E-state index is 12.2. The Hall–Kier alpha value is -1.01. The lowest BCUT2D eigenvalue weighted by atomic mass is 10.0. The predicted octanol–water partition coefficient (Wildman–Crippen LogP) is 3.50. The lowest BCUT2D eigenvalue weighted by molar-refractivity contribution is -0.130. The number of aromatic carboxylic acids is 1. The minimum atomic E-state index is -0.968. The van der Waals surface area contributed by atoms with Gasteiger partial charge in [-0.15, -0.1) is 11.8 Å². The Labute approximate surface area is 137 Å². The lowest BCUT2D eigenvalue weighted by Crippen LogP contribution is -2.40. The van der Waals surface area contributed by atoms with E-state index in [0.717, 1.165) is 24.0 Å². The quantitative estimate of drug-likeness (QED) is 0.822. The highest BCUT2D eigenvalue weighted by Crippen LogP contribution is 2.27. The molecular weight excluding hydrogens is 354 g/mol. The van der Waals surface area contributed by atoms with Crippen LogP contribution >= 0.6 is 27.7 Å². The first-order valence-electron chi connectivity index (χ1n) is 6.91. The number of carbonyl (C=O) groups is 2. The van der Waals surface area contributed by atoms with Crippen molar-refractivity contribution >= 4 is 39.6 Å². The Kier molecular flexibility index (Phi) is 5.70. The molecule has 1 aliphatic rings. The third kappa shape index (κ3) is 4.48. The molecule has 1 amide bonds. The Bertz CT molecular complexity index is 550. The number of likely N-dealkylation sites (tertiary alicyclic amines) is 1. The molecule has 0 aliphatic carbocycles. The SMILES string of the molecule is CC1CCCN(C(=O)CSc2cc(Br)ccc2C(=O)O)C1. The van der Waals surface area contributed by atoms with E-state index in [1.165, 1.54) is 18.2 Å². The van der Waals surface area contributed by atoms with E-state index in [9.17, 15) is 14.7 Å². The maximum atomic E-state index is 12.2. The second kappa shape index (κ2) is 7.31. The van der Waals surface area contributed by atoms with Gasteiger partial charge in [-0.3, -0.25) is 4.79 Å². The molecule has 0 radical (unpaired) electrons. The van der Waals surface area contributed by atoms with Crippen molar-refractivity contribution in [3.8, 4) is 0 Å². The van der Waals surface area contributed by atoms with Gasteiger partial charge in [0.25, 0.3) is 0 Å². The highest BCUT2D eigenvalue weighted by Gasteiger charge is 2.21. The highest BCUT2D eigenvalue weighted by atomic mass is 79.9. The summed E-state index contributed by atoms with van der Waals surface area (Å²) in [5.41, 5.74) is 0.239. The van der Waals surface area contributed by atoms with Crippen molar-refractivity contribution in [2.75, 3.05) is 18.8 Å². The number of benzene rings is 1. The van der Waals surface area contributed by atoms with Gasteiger partial charge >= 0.3 is 5.97 Å². The fourth-order valence-electron chi connectivity index (χ4n) is 2.44. The van der Waals surface area contributed by atoms with Crippen LogP contribution in [0, 0.1) is 5.92 Å². The molecule has 1 aliphatic heterocycles. The summed E-state index contributed by atoms with van der Waals surface area (Å²) in [5.74, 6) is -0.0521. The largest absolute Gasteiger partial charge is 0.478 e. The van der Waals surface area contributed by atoms with Crippen molar-refractivity contribution in [1.82, 2.24) is 4.90 Å². The standard InChI is InChI=1S/C15H18BrNO3S/c1-10-3-2-6-17(8-10)14(18)9-21-13-7-11(16)4-5-12(13)15(19)20/h4-5,7,10H,2-3,6,8-9H2,1H3,(H,19,20). The number of hydrogen-bond acceptors (Lipinski definition) is 3.